The highest BCUT2D eigenvalue weighted by Gasteiger charge is 2.32. The summed E-state index contributed by atoms with van der Waals surface area (Å²) >= 11 is 17.9. The zero-order valence-corrected chi connectivity index (χ0v) is 25.1. The molecule has 196 valence electrons. The van der Waals surface area contributed by atoms with Crippen LogP contribution in [-0.4, -0.2) is 34.0 Å². The van der Waals surface area contributed by atoms with Crippen LogP contribution in [0, 0.1) is 0 Å². The lowest BCUT2D eigenvalue weighted by Crippen LogP contribution is -2.54. The second kappa shape index (κ2) is 13.7. The summed E-state index contributed by atoms with van der Waals surface area (Å²) in [6.07, 6.45) is 0.369. The van der Waals surface area contributed by atoms with Gasteiger partial charge in [-0.25, -0.2) is 0 Å². The fraction of sp³-hybridized carbons (Fsp3) is 0.310. The summed E-state index contributed by atoms with van der Waals surface area (Å²) in [6, 6.07) is 22.2. The van der Waals surface area contributed by atoms with E-state index in [-0.39, 0.29) is 24.1 Å². The van der Waals surface area contributed by atoms with E-state index in [1.165, 1.54) is 11.8 Å². The molecule has 0 aliphatic carbocycles. The van der Waals surface area contributed by atoms with Crippen LogP contribution in [0.25, 0.3) is 0 Å². The van der Waals surface area contributed by atoms with Gasteiger partial charge >= 0.3 is 0 Å². The van der Waals surface area contributed by atoms with Gasteiger partial charge in [0.2, 0.25) is 11.8 Å². The maximum absolute atomic E-state index is 13.7. The van der Waals surface area contributed by atoms with Crippen LogP contribution in [0.15, 0.2) is 77.3 Å². The lowest BCUT2D eigenvalue weighted by atomic mass is 10.0. The fourth-order valence-electron chi connectivity index (χ4n) is 3.78. The minimum Gasteiger partial charge on any atom is -0.350 e. The monoisotopic (exact) mass is 620 g/mol. The summed E-state index contributed by atoms with van der Waals surface area (Å²) in [5, 5.41) is 3.99. The molecule has 0 heterocycles. The summed E-state index contributed by atoms with van der Waals surface area (Å²) < 4.78 is 1.01. The van der Waals surface area contributed by atoms with E-state index >= 15 is 0 Å². The van der Waals surface area contributed by atoms with Gasteiger partial charge in [0.1, 0.15) is 6.04 Å². The standard InChI is InChI=1S/C29H31BrCl2N2O2S/c1-29(2,3)33-28(36)26(16-20-8-5-4-6-9-20)34(17-23-24(31)10-7-11-25(23)32)27(35)19-37-18-21-12-14-22(30)15-13-21/h4-15,26H,16-19H2,1-3H3,(H,33,36)/t26-/m1/s1. The molecule has 2 amide bonds. The SMILES string of the molecule is CC(C)(C)NC(=O)[C@@H](Cc1ccccc1)N(Cc1c(Cl)cccc1Cl)C(=O)CSCc1ccc(Br)cc1. The van der Waals surface area contributed by atoms with Gasteiger partial charge in [0, 0.05) is 44.3 Å². The Morgan fingerprint density at radius 3 is 2.14 bits per heavy atom. The van der Waals surface area contributed by atoms with E-state index in [1.54, 1.807) is 23.1 Å². The number of rotatable bonds is 10. The number of nitrogens with zero attached hydrogens (tertiary/aromatic N) is 1. The summed E-state index contributed by atoms with van der Waals surface area (Å²) in [7, 11) is 0. The maximum atomic E-state index is 13.7. The number of nitrogens with one attached hydrogen (secondary N) is 1. The zero-order chi connectivity index (χ0) is 27.0. The maximum Gasteiger partial charge on any atom is 0.243 e. The topological polar surface area (TPSA) is 49.4 Å². The highest BCUT2D eigenvalue weighted by Crippen LogP contribution is 2.28. The van der Waals surface area contributed by atoms with Gasteiger partial charge in [-0.3, -0.25) is 9.59 Å². The Hall–Kier alpha value is -1.99. The molecular formula is C29H31BrCl2N2O2S. The van der Waals surface area contributed by atoms with Crippen molar-refractivity contribution < 1.29 is 9.59 Å². The quantitative estimate of drug-likeness (QED) is 0.254. The molecule has 37 heavy (non-hydrogen) atoms. The molecule has 1 N–H and O–H groups in total. The number of carbonyl (C=O) groups is 2. The normalized spacial score (nSPS) is 12.2. The molecule has 0 aliphatic heterocycles. The lowest BCUT2D eigenvalue weighted by Gasteiger charge is -2.34. The molecule has 4 nitrogen and oxygen atoms in total. The first kappa shape index (κ1) is 29.6. The van der Waals surface area contributed by atoms with Gasteiger partial charge in [0.25, 0.3) is 0 Å². The van der Waals surface area contributed by atoms with Crippen molar-refractivity contribution in [3.05, 3.63) is 104 Å². The van der Waals surface area contributed by atoms with Crippen LogP contribution in [0.2, 0.25) is 10.0 Å². The number of hydrogen-bond acceptors (Lipinski definition) is 3. The molecule has 0 fully saturated rings. The summed E-state index contributed by atoms with van der Waals surface area (Å²) in [5.41, 5.74) is 2.24. The Bertz CT molecular complexity index is 1180. The van der Waals surface area contributed by atoms with Gasteiger partial charge in [0.15, 0.2) is 0 Å². The smallest absolute Gasteiger partial charge is 0.243 e. The minimum absolute atomic E-state index is 0.130. The first-order chi connectivity index (χ1) is 17.5. The Morgan fingerprint density at radius 1 is 0.919 bits per heavy atom. The lowest BCUT2D eigenvalue weighted by molar-refractivity contribution is -0.140. The molecule has 0 saturated heterocycles. The highest BCUT2D eigenvalue weighted by molar-refractivity contribution is 9.10. The Morgan fingerprint density at radius 2 is 1.54 bits per heavy atom. The van der Waals surface area contributed by atoms with E-state index in [0.29, 0.717) is 27.8 Å². The predicted octanol–water partition coefficient (Wildman–Crippen LogP) is 7.54. The molecule has 3 aromatic carbocycles. The summed E-state index contributed by atoms with van der Waals surface area (Å²) in [5.74, 6) is 0.526. The highest BCUT2D eigenvalue weighted by atomic mass is 79.9. The first-order valence-electron chi connectivity index (χ1n) is 11.9. The van der Waals surface area contributed by atoms with Gasteiger partial charge in [-0.05, 0) is 56.2 Å². The van der Waals surface area contributed by atoms with Crippen LogP contribution in [-0.2, 0) is 28.3 Å². The number of amides is 2. The third kappa shape index (κ3) is 9.36. The molecule has 0 unspecified atom stereocenters. The van der Waals surface area contributed by atoms with Gasteiger partial charge < -0.3 is 10.2 Å². The van der Waals surface area contributed by atoms with Gasteiger partial charge in [0.05, 0.1) is 5.75 Å². The largest absolute Gasteiger partial charge is 0.350 e. The van der Waals surface area contributed by atoms with E-state index in [0.717, 1.165) is 15.6 Å². The van der Waals surface area contributed by atoms with Crippen LogP contribution >= 0.6 is 50.9 Å². The van der Waals surface area contributed by atoms with Crippen molar-refractivity contribution in [3.8, 4) is 0 Å². The van der Waals surface area contributed by atoms with Crippen molar-refractivity contribution in [2.45, 2.75) is 51.1 Å². The van der Waals surface area contributed by atoms with Gasteiger partial charge in [-0.2, -0.15) is 0 Å². The van der Waals surface area contributed by atoms with Crippen LogP contribution in [0.4, 0.5) is 0 Å². The third-order valence-corrected chi connectivity index (χ3v) is 7.79. The van der Waals surface area contributed by atoms with Crippen molar-refractivity contribution >= 4 is 62.7 Å². The minimum atomic E-state index is -0.741. The average Bonchev–Trinajstić information content (AvgIpc) is 2.83. The van der Waals surface area contributed by atoms with E-state index in [2.05, 4.69) is 21.2 Å². The van der Waals surface area contributed by atoms with Crippen molar-refractivity contribution in [1.82, 2.24) is 10.2 Å². The van der Waals surface area contributed by atoms with Crippen LogP contribution < -0.4 is 5.32 Å². The molecule has 3 rings (SSSR count). The fourth-order valence-corrected chi connectivity index (χ4v) is 5.43. The summed E-state index contributed by atoms with van der Waals surface area (Å²) in [6.45, 7) is 5.91. The summed E-state index contributed by atoms with van der Waals surface area (Å²) in [4.78, 5) is 29.0. The van der Waals surface area contributed by atoms with Gasteiger partial charge in [-0.15, -0.1) is 11.8 Å². The Labute approximate surface area is 242 Å². The van der Waals surface area contributed by atoms with E-state index in [9.17, 15) is 9.59 Å². The predicted molar refractivity (Wildman–Crippen MR) is 159 cm³/mol. The van der Waals surface area contributed by atoms with Crippen molar-refractivity contribution in [2.24, 2.45) is 0 Å². The molecular weight excluding hydrogens is 591 g/mol. The van der Waals surface area contributed by atoms with E-state index in [1.807, 2.05) is 75.4 Å². The molecule has 0 bridgehead atoms. The number of halogens is 3. The van der Waals surface area contributed by atoms with Crippen molar-refractivity contribution in [3.63, 3.8) is 0 Å². The number of hydrogen-bond donors (Lipinski definition) is 1. The molecule has 3 aromatic rings. The molecule has 0 aliphatic rings. The molecule has 8 heteroatoms. The number of benzene rings is 3. The Kier molecular flexibility index (Phi) is 10.9. The molecule has 0 saturated carbocycles. The van der Waals surface area contributed by atoms with Crippen LogP contribution in [0.3, 0.4) is 0 Å². The molecule has 0 spiro atoms. The van der Waals surface area contributed by atoms with Crippen LogP contribution in [0.1, 0.15) is 37.5 Å². The molecule has 0 aromatic heterocycles. The Balaban J connectivity index is 1.91. The molecule has 0 radical (unpaired) electrons. The van der Waals surface area contributed by atoms with Gasteiger partial charge in [-0.1, -0.05) is 87.7 Å². The average molecular weight is 622 g/mol. The zero-order valence-electron chi connectivity index (χ0n) is 21.1. The second-order valence-electron chi connectivity index (χ2n) is 9.79. The van der Waals surface area contributed by atoms with Crippen LogP contribution in [0.5, 0.6) is 0 Å². The van der Waals surface area contributed by atoms with Crippen molar-refractivity contribution in [2.75, 3.05) is 5.75 Å². The number of carbonyl (C=O) groups excluding carboxylic acids is 2. The van der Waals surface area contributed by atoms with E-state index in [4.69, 9.17) is 23.2 Å². The third-order valence-electron chi connectivity index (χ3n) is 5.57. The van der Waals surface area contributed by atoms with E-state index < -0.39 is 11.6 Å². The number of thioether (sulfide) groups is 1. The second-order valence-corrected chi connectivity index (χ2v) is 12.5. The first-order valence-corrected chi connectivity index (χ1v) is 14.6. The van der Waals surface area contributed by atoms with Crippen molar-refractivity contribution in [1.29, 1.82) is 0 Å². The molecule has 1 atom stereocenters.